The average molecular weight is 350 g/mol. The number of hydrogen-bond acceptors (Lipinski definition) is 2. The summed E-state index contributed by atoms with van der Waals surface area (Å²) in [5, 5.41) is 10.1. The number of alkyl halides is 3. The summed E-state index contributed by atoms with van der Waals surface area (Å²) in [5.74, 6) is -0.999. The molecule has 0 spiro atoms. The molecule has 0 aliphatic heterocycles. The number of aliphatic hydroxyl groups excluding tert-OH is 1. The molecule has 0 saturated carbocycles. The minimum absolute atomic E-state index is 0. The van der Waals surface area contributed by atoms with E-state index in [0.29, 0.717) is 6.07 Å². The van der Waals surface area contributed by atoms with E-state index in [0.717, 1.165) is 17.7 Å². The Morgan fingerprint density at radius 1 is 1.04 bits per heavy atom. The largest absolute Gasteiger partial charge is 0.416 e. The topological polar surface area (TPSA) is 46.2 Å². The van der Waals surface area contributed by atoms with E-state index in [2.05, 4.69) is 0 Å². The summed E-state index contributed by atoms with van der Waals surface area (Å²) in [6.07, 6.45) is -5.84. The van der Waals surface area contributed by atoms with Crippen molar-refractivity contribution in [2.75, 3.05) is 0 Å². The zero-order valence-electron chi connectivity index (χ0n) is 11.9. The highest BCUT2D eigenvalue weighted by Crippen LogP contribution is 2.35. The molecule has 0 unspecified atom stereocenters. The van der Waals surface area contributed by atoms with Crippen LogP contribution in [-0.2, 0) is 12.6 Å². The van der Waals surface area contributed by atoms with Crippen LogP contribution in [0.1, 0.15) is 22.7 Å². The normalized spacial score (nSPS) is 14.0. The van der Waals surface area contributed by atoms with Crippen LogP contribution in [0.25, 0.3) is 0 Å². The maximum atomic E-state index is 13.1. The van der Waals surface area contributed by atoms with Crippen molar-refractivity contribution in [3.05, 3.63) is 71.0 Å². The third-order valence-electron chi connectivity index (χ3n) is 3.38. The molecule has 0 bridgehead atoms. The molecule has 0 saturated heterocycles. The molecule has 0 aromatic heterocycles. The van der Waals surface area contributed by atoms with Gasteiger partial charge in [-0.15, -0.1) is 12.4 Å². The Bertz CT molecular complexity index is 634. The summed E-state index contributed by atoms with van der Waals surface area (Å²) in [7, 11) is 0. The highest BCUT2D eigenvalue weighted by Gasteiger charge is 2.36. The summed E-state index contributed by atoms with van der Waals surface area (Å²) in [6.45, 7) is 0. The van der Waals surface area contributed by atoms with Gasteiger partial charge in [0.05, 0.1) is 17.7 Å². The van der Waals surface area contributed by atoms with Gasteiger partial charge in [0.1, 0.15) is 5.82 Å². The van der Waals surface area contributed by atoms with E-state index < -0.39 is 29.7 Å². The third-order valence-corrected chi connectivity index (χ3v) is 3.38. The van der Waals surface area contributed by atoms with Crippen LogP contribution in [0.5, 0.6) is 0 Å². The fourth-order valence-electron chi connectivity index (χ4n) is 2.25. The second kappa shape index (κ2) is 7.77. The van der Waals surface area contributed by atoms with Gasteiger partial charge >= 0.3 is 6.18 Å². The van der Waals surface area contributed by atoms with Crippen LogP contribution in [0.15, 0.2) is 48.5 Å². The van der Waals surface area contributed by atoms with Crippen molar-refractivity contribution in [1.82, 2.24) is 0 Å². The highest BCUT2D eigenvalue weighted by atomic mass is 35.5. The molecule has 0 aliphatic rings. The van der Waals surface area contributed by atoms with E-state index in [1.807, 2.05) is 0 Å². The second-order valence-corrected chi connectivity index (χ2v) is 5.01. The third kappa shape index (κ3) is 4.92. The lowest BCUT2D eigenvalue weighted by molar-refractivity contribution is -0.138. The second-order valence-electron chi connectivity index (χ2n) is 5.01. The van der Waals surface area contributed by atoms with Crippen molar-refractivity contribution in [3.8, 4) is 0 Å². The van der Waals surface area contributed by atoms with Crippen LogP contribution in [0.2, 0.25) is 0 Å². The van der Waals surface area contributed by atoms with Gasteiger partial charge in [0, 0.05) is 6.42 Å². The molecule has 2 aromatic carbocycles. The Kier molecular flexibility index (Phi) is 6.56. The average Bonchev–Trinajstić information content (AvgIpc) is 2.46. The molecule has 0 fully saturated rings. The molecule has 23 heavy (non-hydrogen) atoms. The van der Waals surface area contributed by atoms with Gasteiger partial charge in [-0.1, -0.05) is 36.4 Å². The maximum absolute atomic E-state index is 13.1. The molecule has 0 aliphatic carbocycles. The Hall–Kier alpha value is -1.63. The first-order valence-electron chi connectivity index (χ1n) is 6.63. The number of halogens is 5. The lowest BCUT2D eigenvalue weighted by Crippen LogP contribution is -2.30. The summed E-state index contributed by atoms with van der Waals surface area (Å²) in [5.41, 5.74) is 5.03. The molecule has 126 valence electrons. The zero-order valence-corrected chi connectivity index (χ0v) is 12.7. The van der Waals surface area contributed by atoms with Crippen molar-refractivity contribution in [3.63, 3.8) is 0 Å². The summed E-state index contributed by atoms with van der Waals surface area (Å²) < 4.78 is 52.0. The SMILES string of the molecule is Cl.N[C@H](c1ccc(F)cc1C(F)(F)F)[C@@H](O)Cc1ccccc1. The fraction of sp³-hybridized carbons (Fsp3) is 0.250. The number of benzene rings is 2. The fourth-order valence-corrected chi connectivity index (χ4v) is 2.25. The lowest BCUT2D eigenvalue weighted by Gasteiger charge is -2.23. The van der Waals surface area contributed by atoms with Crippen LogP contribution < -0.4 is 5.73 Å². The van der Waals surface area contributed by atoms with E-state index in [1.54, 1.807) is 30.3 Å². The van der Waals surface area contributed by atoms with Crippen molar-refractivity contribution in [2.24, 2.45) is 5.73 Å². The summed E-state index contributed by atoms with van der Waals surface area (Å²) in [6, 6.07) is 9.78. The Morgan fingerprint density at radius 3 is 2.22 bits per heavy atom. The van der Waals surface area contributed by atoms with Crippen molar-refractivity contribution >= 4 is 12.4 Å². The van der Waals surface area contributed by atoms with Crippen molar-refractivity contribution in [2.45, 2.75) is 24.7 Å². The molecule has 2 atom stereocenters. The van der Waals surface area contributed by atoms with E-state index in [1.165, 1.54) is 0 Å². The number of hydrogen-bond donors (Lipinski definition) is 2. The van der Waals surface area contributed by atoms with Crippen LogP contribution in [0, 0.1) is 5.82 Å². The molecule has 0 amide bonds. The van der Waals surface area contributed by atoms with Gasteiger partial charge in [-0.3, -0.25) is 0 Å². The van der Waals surface area contributed by atoms with E-state index in [9.17, 15) is 22.7 Å². The first kappa shape index (κ1) is 19.4. The smallest absolute Gasteiger partial charge is 0.391 e. The van der Waals surface area contributed by atoms with Gasteiger partial charge in [-0.2, -0.15) is 13.2 Å². The Labute approximate surface area is 137 Å². The monoisotopic (exact) mass is 349 g/mol. The zero-order chi connectivity index (χ0) is 16.3. The van der Waals surface area contributed by atoms with Crippen LogP contribution in [0.3, 0.4) is 0 Å². The molecular formula is C16H16ClF4NO. The minimum atomic E-state index is -4.73. The van der Waals surface area contributed by atoms with Crippen molar-refractivity contribution in [1.29, 1.82) is 0 Å². The predicted octanol–water partition coefficient (Wildman–Crippen LogP) is 3.87. The molecule has 2 aromatic rings. The molecule has 0 radical (unpaired) electrons. The lowest BCUT2D eigenvalue weighted by atomic mass is 9.93. The van der Waals surface area contributed by atoms with E-state index in [4.69, 9.17) is 5.73 Å². The Morgan fingerprint density at radius 2 is 1.65 bits per heavy atom. The molecule has 7 heteroatoms. The first-order chi connectivity index (χ1) is 10.3. The molecule has 2 nitrogen and oxygen atoms in total. The minimum Gasteiger partial charge on any atom is -0.391 e. The molecule has 0 heterocycles. The van der Waals surface area contributed by atoms with Gasteiger partial charge < -0.3 is 10.8 Å². The number of nitrogens with two attached hydrogens (primary N) is 1. The highest BCUT2D eigenvalue weighted by molar-refractivity contribution is 5.85. The molecule has 3 N–H and O–H groups in total. The van der Waals surface area contributed by atoms with Gasteiger partial charge in [-0.05, 0) is 23.3 Å². The predicted molar refractivity (Wildman–Crippen MR) is 81.7 cm³/mol. The quantitative estimate of drug-likeness (QED) is 0.823. The number of aliphatic hydroxyl groups is 1. The summed E-state index contributed by atoms with van der Waals surface area (Å²) >= 11 is 0. The van der Waals surface area contributed by atoms with Gasteiger partial charge in [0.25, 0.3) is 0 Å². The molecule has 2 rings (SSSR count). The molecular weight excluding hydrogens is 334 g/mol. The maximum Gasteiger partial charge on any atom is 0.416 e. The van der Waals surface area contributed by atoms with Crippen LogP contribution >= 0.6 is 12.4 Å². The Balaban J connectivity index is 0.00000264. The first-order valence-corrected chi connectivity index (χ1v) is 6.63. The van der Waals surface area contributed by atoms with Crippen LogP contribution in [-0.4, -0.2) is 11.2 Å². The van der Waals surface area contributed by atoms with E-state index >= 15 is 0 Å². The van der Waals surface area contributed by atoms with Gasteiger partial charge in [0.15, 0.2) is 0 Å². The standard InChI is InChI=1S/C16H15F4NO.ClH/c17-11-6-7-12(13(9-11)16(18,19)20)15(21)14(22)8-10-4-2-1-3-5-10;/h1-7,9,14-15,22H,8,21H2;1H/t14-,15+;/m0./s1. The van der Waals surface area contributed by atoms with Crippen LogP contribution in [0.4, 0.5) is 17.6 Å². The van der Waals surface area contributed by atoms with Gasteiger partial charge in [0.2, 0.25) is 0 Å². The summed E-state index contributed by atoms with van der Waals surface area (Å²) in [4.78, 5) is 0. The van der Waals surface area contributed by atoms with Crippen molar-refractivity contribution < 1.29 is 22.7 Å². The number of rotatable bonds is 4. The van der Waals surface area contributed by atoms with E-state index in [-0.39, 0.29) is 24.4 Å². The van der Waals surface area contributed by atoms with Gasteiger partial charge in [-0.25, -0.2) is 4.39 Å².